The predicted octanol–water partition coefficient (Wildman–Crippen LogP) is 3.00. The van der Waals surface area contributed by atoms with Crippen molar-refractivity contribution in [2.24, 2.45) is 11.8 Å². The second-order valence-corrected chi connectivity index (χ2v) is 7.80. The fraction of sp³-hybridized carbons (Fsp3) is 0.500. The number of sulfonamides is 1. The van der Waals surface area contributed by atoms with Gasteiger partial charge in [-0.1, -0.05) is 24.6 Å². The summed E-state index contributed by atoms with van der Waals surface area (Å²) in [6.07, 6.45) is 4.64. The van der Waals surface area contributed by atoms with Gasteiger partial charge in [0.25, 0.3) is 0 Å². The van der Waals surface area contributed by atoms with E-state index in [2.05, 4.69) is 30.0 Å². The molecule has 0 saturated carbocycles. The maximum atomic E-state index is 11.8. The largest absolute Gasteiger partial charge is 0.385 e. The second-order valence-electron chi connectivity index (χ2n) is 5.91. The van der Waals surface area contributed by atoms with E-state index < -0.39 is 10.0 Å². The van der Waals surface area contributed by atoms with Crippen LogP contribution in [0.25, 0.3) is 0 Å². The Labute approximate surface area is 127 Å². The van der Waals surface area contributed by atoms with Crippen LogP contribution in [0.3, 0.4) is 0 Å². The number of benzene rings is 1. The molecular formula is C16H24N2O2S. The van der Waals surface area contributed by atoms with Gasteiger partial charge in [-0.3, -0.25) is 0 Å². The van der Waals surface area contributed by atoms with Crippen molar-refractivity contribution >= 4 is 15.7 Å². The molecule has 0 spiro atoms. The quantitative estimate of drug-likeness (QED) is 0.822. The Hall–Kier alpha value is -1.33. The lowest BCUT2D eigenvalue weighted by molar-refractivity contribution is 0.421. The fourth-order valence-electron chi connectivity index (χ4n) is 3.00. The van der Waals surface area contributed by atoms with Gasteiger partial charge in [0.2, 0.25) is 10.0 Å². The molecule has 2 atom stereocenters. The highest BCUT2D eigenvalue weighted by Gasteiger charge is 2.18. The SMILES string of the molecule is CNS(=O)(=O)c1cccc(NCC2CC(C)=CC(C)C2)c1. The van der Waals surface area contributed by atoms with E-state index in [-0.39, 0.29) is 0 Å². The summed E-state index contributed by atoms with van der Waals surface area (Å²) in [5, 5.41) is 3.37. The van der Waals surface area contributed by atoms with Gasteiger partial charge in [0.05, 0.1) is 4.90 Å². The zero-order valence-corrected chi connectivity index (χ0v) is 13.7. The van der Waals surface area contributed by atoms with Crippen molar-refractivity contribution in [1.82, 2.24) is 4.72 Å². The highest BCUT2D eigenvalue weighted by atomic mass is 32.2. The van der Waals surface area contributed by atoms with Crippen molar-refractivity contribution in [3.05, 3.63) is 35.9 Å². The van der Waals surface area contributed by atoms with Gasteiger partial charge in [0.1, 0.15) is 0 Å². The van der Waals surface area contributed by atoms with Gasteiger partial charge in [0.15, 0.2) is 0 Å². The van der Waals surface area contributed by atoms with E-state index in [1.165, 1.54) is 19.0 Å². The molecule has 2 N–H and O–H groups in total. The lowest BCUT2D eigenvalue weighted by atomic mass is 9.84. The topological polar surface area (TPSA) is 58.2 Å². The first kappa shape index (κ1) is 16.0. The molecule has 21 heavy (non-hydrogen) atoms. The van der Waals surface area contributed by atoms with Crippen LogP contribution in [0.4, 0.5) is 5.69 Å². The number of hydrogen-bond acceptors (Lipinski definition) is 3. The van der Waals surface area contributed by atoms with Gasteiger partial charge in [-0.2, -0.15) is 0 Å². The third-order valence-electron chi connectivity index (χ3n) is 3.89. The maximum Gasteiger partial charge on any atom is 0.240 e. The number of anilines is 1. The summed E-state index contributed by atoms with van der Waals surface area (Å²) in [6, 6.07) is 6.96. The summed E-state index contributed by atoms with van der Waals surface area (Å²) < 4.78 is 25.9. The Morgan fingerprint density at radius 2 is 2.10 bits per heavy atom. The van der Waals surface area contributed by atoms with E-state index in [9.17, 15) is 8.42 Å². The van der Waals surface area contributed by atoms with Crippen molar-refractivity contribution < 1.29 is 8.42 Å². The van der Waals surface area contributed by atoms with Crippen LogP contribution in [0.2, 0.25) is 0 Å². The lowest BCUT2D eigenvalue weighted by Gasteiger charge is -2.26. The third-order valence-corrected chi connectivity index (χ3v) is 5.30. The zero-order chi connectivity index (χ0) is 15.5. The highest BCUT2D eigenvalue weighted by molar-refractivity contribution is 7.89. The van der Waals surface area contributed by atoms with Crippen LogP contribution in [-0.4, -0.2) is 22.0 Å². The summed E-state index contributed by atoms with van der Waals surface area (Å²) in [5.74, 6) is 1.23. The summed E-state index contributed by atoms with van der Waals surface area (Å²) in [5.41, 5.74) is 2.30. The Bertz CT molecular complexity index is 623. The Balaban J connectivity index is 2.01. The average molecular weight is 308 g/mol. The zero-order valence-electron chi connectivity index (χ0n) is 12.9. The molecule has 0 amide bonds. The van der Waals surface area contributed by atoms with Crippen LogP contribution >= 0.6 is 0 Å². The summed E-state index contributed by atoms with van der Waals surface area (Å²) in [6.45, 7) is 5.30. The van der Waals surface area contributed by atoms with Crippen LogP contribution < -0.4 is 10.0 Å². The van der Waals surface area contributed by atoms with E-state index >= 15 is 0 Å². The molecule has 116 valence electrons. The first-order chi connectivity index (χ1) is 9.90. The molecule has 0 heterocycles. The minimum Gasteiger partial charge on any atom is -0.385 e. The number of allylic oxidation sites excluding steroid dienone is 2. The third kappa shape index (κ3) is 4.32. The first-order valence-electron chi connectivity index (χ1n) is 7.35. The van der Waals surface area contributed by atoms with Crippen molar-refractivity contribution in [2.75, 3.05) is 18.9 Å². The van der Waals surface area contributed by atoms with Gasteiger partial charge in [-0.15, -0.1) is 0 Å². The minimum absolute atomic E-state index is 0.295. The highest BCUT2D eigenvalue weighted by Crippen LogP contribution is 2.28. The Morgan fingerprint density at radius 3 is 2.76 bits per heavy atom. The molecule has 2 unspecified atom stereocenters. The van der Waals surface area contributed by atoms with E-state index in [4.69, 9.17) is 0 Å². The van der Waals surface area contributed by atoms with Crippen molar-refractivity contribution in [1.29, 1.82) is 0 Å². The molecule has 0 aromatic heterocycles. The van der Waals surface area contributed by atoms with E-state index in [0.29, 0.717) is 16.7 Å². The molecule has 0 aliphatic heterocycles. The fourth-order valence-corrected chi connectivity index (χ4v) is 3.77. The molecule has 2 rings (SSSR count). The average Bonchev–Trinajstić information content (AvgIpc) is 2.44. The van der Waals surface area contributed by atoms with Crippen molar-refractivity contribution in [2.45, 2.75) is 31.6 Å². The molecule has 1 aromatic rings. The van der Waals surface area contributed by atoms with Gasteiger partial charge in [-0.05, 0) is 56.8 Å². The molecule has 4 nitrogen and oxygen atoms in total. The molecule has 1 aromatic carbocycles. The molecule has 0 radical (unpaired) electrons. The number of hydrogen-bond donors (Lipinski definition) is 2. The lowest BCUT2D eigenvalue weighted by Crippen LogP contribution is -2.21. The number of rotatable bonds is 5. The normalized spacial score (nSPS) is 22.7. The standard InChI is InChI=1S/C16H24N2O2S/c1-12-7-13(2)9-14(8-12)11-18-15-5-4-6-16(10-15)21(19,20)17-3/h4-7,10,12,14,17-18H,8-9,11H2,1-3H3. The van der Waals surface area contributed by atoms with Crippen LogP contribution in [-0.2, 0) is 10.0 Å². The molecule has 5 heteroatoms. The van der Waals surface area contributed by atoms with E-state index in [1.807, 2.05) is 6.07 Å². The minimum atomic E-state index is -3.38. The second kappa shape index (κ2) is 6.62. The predicted molar refractivity (Wildman–Crippen MR) is 86.8 cm³/mol. The molecule has 0 fully saturated rings. The van der Waals surface area contributed by atoms with E-state index in [0.717, 1.165) is 18.7 Å². The molecule has 0 saturated heterocycles. The van der Waals surface area contributed by atoms with E-state index in [1.54, 1.807) is 18.2 Å². The number of nitrogens with one attached hydrogen (secondary N) is 2. The summed E-state index contributed by atoms with van der Waals surface area (Å²) >= 11 is 0. The monoisotopic (exact) mass is 308 g/mol. The first-order valence-corrected chi connectivity index (χ1v) is 8.84. The summed E-state index contributed by atoms with van der Waals surface area (Å²) in [7, 11) is -1.96. The maximum absolute atomic E-state index is 11.8. The Kier molecular flexibility index (Phi) is 5.06. The summed E-state index contributed by atoms with van der Waals surface area (Å²) in [4.78, 5) is 0.295. The van der Waals surface area contributed by atoms with Gasteiger partial charge < -0.3 is 5.32 Å². The Morgan fingerprint density at radius 1 is 1.33 bits per heavy atom. The van der Waals surface area contributed by atoms with Crippen LogP contribution in [0.1, 0.15) is 26.7 Å². The molecule has 1 aliphatic carbocycles. The molecular weight excluding hydrogens is 284 g/mol. The van der Waals surface area contributed by atoms with Crippen LogP contribution in [0.5, 0.6) is 0 Å². The van der Waals surface area contributed by atoms with Crippen LogP contribution in [0.15, 0.2) is 40.8 Å². The van der Waals surface area contributed by atoms with Crippen molar-refractivity contribution in [3.63, 3.8) is 0 Å². The van der Waals surface area contributed by atoms with Crippen molar-refractivity contribution in [3.8, 4) is 0 Å². The molecule has 0 bridgehead atoms. The van der Waals surface area contributed by atoms with Crippen LogP contribution in [0, 0.1) is 11.8 Å². The van der Waals surface area contributed by atoms with Gasteiger partial charge >= 0.3 is 0 Å². The van der Waals surface area contributed by atoms with Gasteiger partial charge in [0, 0.05) is 12.2 Å². The smallest absolute Gasteiger partial charge is 0.240 e. The van der Waals surface area contributed by atoms with Gasteiger partial charge in [-0.25, -0.2) is 13.1 Å². The molecule has 1 aliphatic rings.